The molecule has 0 bridgehead atoms. The van der Waals surface area contributed by atoms with E-state index in [0.717, 1.165) is 19.3 Å². The zero-order valence-electron chi connectivity index (χ0n) is 11.2. The molecule has 0 aromatic rings. The number of hydrogen-bond donors (Lipinski definition) is 1. The number of carboxylic acids is 1. The Morgan fingerprint density at radius 1 is 1.33 bits per heavy atom. The first kappa shape index (κ1) is 13.3. The van der Waals surface area contributed by atoms with E-state index in [2.05, 4.69) is 0 Å². The Bertz CT molecular complexity index is 369. The summed E-state index contributed by atoms with van der Waals surface area (Å²) >= 11 is 0. The molecule has 18 heavy (non-hydrogen) atoms. The molecule has 1 atom stereocenters. The van der Waals surface area contributed by atoms with Crippen molar-refractivity contribution in [3.05, 3.63) is 0 Å². The summed E-state index contributed by atoms with van der Waals surface area (Å²) in [4.78, 5) is 24.9. The van der Waals surface area contributed by atoms with E-state index in [1.54, 1.807) is 18.7 Å². The summed E-state index contributed by atoms with van der Waals surface area (Å²) < 4.78 is 5.19. The molecule has 102 valence electrons. The lowest BCUT2D eigenvalue weighted by molar-refractivity contribution is -0.152. The van der Waals surface area contributed by atoms with Crippen molar-refractivity contribution in [1.82, 2.24) is 4.90 Å². The number of carbonyl (C=O) groups is 2. The highest BCUT2D eigenvalue weighted by Crippen LogP contribution is 2.59. The summed E-state index contributed by atoms with van der Waals surface area (Å²) in [6.07, 6.45) is 2.38. The molecular weight excluding hydrogens is 234 g/mol. The van der Waals surface area contributed by atoms with Crippen molar-refractivity contribution in [2.45, 2.75) is 38.7 Å². The number of methoxy groups -OCH3 is 1. The van der Waals surface area contributed by atoms with Gasteiger partial charge in [-0.15, -0.1) is 0 Å². The number of piperidine rings is 1. The molecule has 1 N–H and O–H groups in total. The highest BCUT2D eigenvalue weighted by atomic mass is 16.5. The molecule has 1 aliphatic heterocycles. The van der Waals surface area contributed by atoms with Gasteiger partial charge in [0.1, 0.15) is 5.60 Å². The number of carbonyl (C=O) groups excluding carboxylic acids is 1. The molecule has 1 saturated heterocycles. The van der Waals surface area contributed by atoms with E-state index in [1.807, 2.05) is 0 Å². The minimum absolute atomic E-state index is 0.00706. The molecule has 0 aromatic heterocycles. The number of nitrogens with zero attached hydrogens (tertiary/aromatic N) is 1. The van der Waals surface area contributed by atoms with Crippen molar-refractivity contribution in [3.63, 3.8) is 0 Å². The number of ether oxygens (including phenoxy) is 1. The van der Waals surface area contributed by atoms with Crippen LogP contribution in [-0.4, -0.2) is 47.7 Å². The SMILES string of the molecule is COC(C)(C)C(=O)N1CCC2(CC1)CC2C(=O)O. The number of hydrogen-bond acceptors (Lipinski definition) is 3. The molecule has 1 amide bonds. The van der Waals surface area contributed by atoms with Crippen LogP contribution in [0.15, 0.2) is 0 Å². The summed E-state index contributed by atoms with van der Waals surface area (Å²) in [5.41, 5.74) is -0.819. The number of aliphatic carboxylic acids is 1. The summed E-state index contributed by atoms with van der Waals surface area (Å²) in [6, 6.07) is 0. The van der Waals surface area contributed by atoms with Crippen LogP contribution in [0.4, 0.5) is 0 Å². The molecule has 0 aromatic carbocycles. The van der Waals surface area contributed by atoms with Crippen molar-refractivity contribution >= 4 is 11.9 Å². The van der Waals surface area contributed by atoms with Gasteiger partial charge in [0, 0.05) is 20.2 Å². The van der Waals surface area contributed by atoms with E-state index in [1.165, 1.54) is 7.11 Å². The lowest BCUT2D eigenvalue weighted by atomic mass is 9.90. The van der Waals surface area contributed by atoms with Crippen LogP contribution in [0.5, 0.6) is 0 Å². The predicted octanol–water partition coefficient (Wildman–Crippen LogP) is 1.12. The fraction of sp³-hybridized carbons (Fsp3) is 0.846. The smallest absolute Gasteiger partial charge is 0.307 e. The quantitative estimate of drug-likeness (QED) is 0.820. The lowest BCUT2D eigenvalue weighted by Crippen LogP contribution is -2.49. The second-order valence-corrected chi connectivity index (χ2v) is 5.96. The third-order valence-electron chi connectivity index (χ3n) is 4.56. The molecule has 1 aliphatic carbocycles. The van der Waals surface area contributed by atoms with E-state index in [9.17, 15) is 9.59 Å². The first-order valence-corrected chi connectivity index (χ1v) is 6.40. The van der Waals surface area contributed by atoms with Crippen molar-refractivity contribution in [2.75, 3.05) is 20.2 Å². The van der Waals surface area contributed by atoms with E-state index in [4.69, 9.17) is 9.84 Å². The van der Waals surface area contributed by atoms with Gasteiger partial charge in [0.25, 0.3) is 5.91 Å². The number of rotatable bonds is 3. The molecule has 5 nitrogen and oxygen atoms in total. The highest BCUT2D eigenvalue weighted by molar-refractivity contribution is 5.84. The minimum Gasteiger partial charge on any atom is -0.481 e. The van der Waals surface area contributed by atoms with Crippen LogP contribution in [0.25, 0.3) is 0 Å². The van der Waals surface area contributed by atoms with Gasteiger partial charge in [-0.1, -0.05) is 0 Å². The van der Waals surface area contributed by atoms with Gasteiger partial charge in [0.05, 0.1) is 5.92 Å². The Balaban J connectivity index is 1.92. The standard InChI is InChI=1S/C13H21NO4/c1-12(2,18-3)11(17)14-6-4-13(5-7-14)8-9(13)10(15)16/h9H,4-8H2,1-3H3,(H,15,16). The zero-order valence-corrected chi connectivity index (χ0v) is 11.2. The summed E-state index contributed by atoms with van der Waals surface area (Å²) in [5, 5.41) is 9.01. The van der Waals surface area contributed by atoms with E-state index in [-0.39, 0.29) is 17.2 Å². The van der Waals surface area contributed by atoms with Crippen molar-refractivity contribution < 1.29 is 19.4 Å². The van der Waals surface area contributed by atoms with Crippen molar-refractivity contribution in [1.29, 1.82) is 0 Å². The van der Waals surface area contributed by atoms with Gasteiger partial charge in [-0.05, 0) is 38.5 Å². The maximum atomic E-state index is 12.2. The van der Waals surface area contributed by atoms with E-state index >= 15 is 0 Å². The fourth-order valence-electron chi connectivity index (χ4n) is 2.87. The molecule has 2 aliphatic rings. The summed E-state index contributed by atoms with van der Waals surface area (Å²) in [5.74, 6) is -0.885. The van der Waals surface area contributed by atoms with Gasteiger partial charge in [-0.2, -0.15) is 0 Å². The molecule has 1 heterocycles. The number of carboxylic acid groups (broad SMARTS) is 1. The zero-order chi connectivity index (χ0) is 13.6. The van der Waals surface area contributed by atoms with Crippen LogP contribution < -0.4 is 0 Å². The summed E-state index contributed by atoms with van der Waals surface area (Å²) in [7, 11) is 1.53. The topological polar surface area (TPSA) is 66.8 Å². The van der Waals surface area contributed by atoms with Crippen LogP contribution in [0.2, 0.25) is 0 Å². The van der Waals surface area contributed by atoms with Crippen LogP contribution in [-0.2, 0) is 14.3 Å². The molecule has 0 radical (unpaired) electrons. The van der Waals surface area contributed by atoms with E-state index in [0.29, 0.717) is 13.1 Å². The Kier molecular flexibility index (Phi) is 3.13. The van der Waals surface area contributed by atoms with Crippen molar-refractivity contribution in [2.24, 2.45) is 11.3 Å². The Morgan fingerprint density at radius 2 is 1.89 bits per heavy atom. The van der Waals surface area contributed by atoms with E-state index < -0.39 is 11.6 Å². The van der Waals surface area contributed by atoms with Crippen LogP contribution in [0, 0.1) is 11.3 Å². The molecule has 1 spiro atoms. The average molecular weight is 255 g/mol. The van der Waals surface area contributed by atoms with Crippen LogP contribution >= 0.6 is 0 Å². The molecule has 2 fully saturated rings. The van der Waals surface area contributed by atoms with Gasteiger partial charge in [0.15, 0.2) is 0 Å². The molecule has 2 rings (SSSR count). The maximum Gasteiger partial charge on any atom is 0.307 e. The second kappa shape index (κ2) is 4.23. The summed E-state index contributed by atoms with van der Waals surface area (Å²) in [6.45, 7) is 4.82. The Hall–Kier alpha value is -1.10. The number of amides is 1. The Morgan fingerprint density at radius 3 is 2.28 bits per heavy atom. The molecule has 5 heteroatoms. The lowest BCUT2D eigenvalue weighted by Gasteiger charge is -2.36. The number of likely N-dealkylation sites (tertiary alicyclic amines) is 1. The first-order valence-electron chi connectivity index (χ1n) is 6.40. The van der Waals surface area contributed by atoms with Gasteiger partial charge in [0.2, 0.25) is 0 Å². The fourth-order valence-corrected chi connectivity index (χ4v) is 2.87. The van der Waals surface area contributed by atoms with Gasteiger partial charge in [-0.25, -0.2) is 0 Å². The van der Waals surface area contributed by atoms with Crippen LogP contribution in [0.3, 0.4) is 0 Å². The molecular formula is C13H21NO4. The monoisotopic (exact) mass is 255 g/mol. The highest BCUT2D eigenvalue weighted by Gasteiger charge is 2.59. The van der Waals surface area contributed by atoms with Gasteiger partial charge in [-0.3, -0.25) is 9.59 Å². The first-order chi connectivity index (χ1) is 8.32. The van der Waals surface area contributed by atoms with Crippen LogP contribution in [0.1, 0.15) is 33.1 Å². The molecule has 1 unspecified atom stereocenters. The maximum absolute atomic E-state index is 12.2. The minimum atomic E-state index is -0.791. The van der Waals surface area contributed by atoms with Gasteiger partial charge < -0.3 is 14.7 Å². The normalized spacial score (nSPS) is 26.2. The van der Waals surface area contributed by atoms with Gasteiger partial charge >= 0.3 is 5.97 Å². The molecule has 1 saturated carbocycles. The Labute approximate surface area is 107 Å². The largest absolute Gasteiger partial charge is 0.481 e. The third kappa shape index (κ3) is 2.11. The average Bonchev–Trinajstić information content (AvgIpc) is 3.04. The third-order valence-corrected chi connectivity index (χ3v) is 4.56. The predicted molar refractivity (Wildman–Crippen MR) is 65.1 cm³/mol. The second-order valence-electron chi connectivity index (χ2n) is 5.96. The van der Waals surface area contributed by atoms with Crippen molar-refractivity contribution in [3.8, 4) is 0 Å².